The van der Waals surface area contributed by atoms with Gasteiger partial charge in [0.2, 0.25) is 5.88 Å². The van der Waals surface area contributed by atoms with Gasteiger partial charge in [-0.15, -0.1) is 0 Å². The summed E-state index contributed by atoms with van der Waals surface area (Å²) >= 11 is 6.77. The summed E-state index contributed by atoms with van der Waals surface area (Å²) in [5.74, 6) is 0.623. The van der Waals surface area contributed by atoms with Crippen LogP contribution >= 0.6 is 31.9 Å². The standard InChI is InChI=1S/C11H16Br2N2O/c1-11(2,15(3)4)7-16-10-9(13)5-8(12)6-14-10/h5-6H,7H2,1-4H3. The topological polar surface area (TPSA) is 25.4 Å². The Morgan fingerprint density at radius 2 is 2.00 bits per heavy atom. The normalized spacial score (nSPS) is 11.9. The van der Waals surface area contributed by atoms with Gasteiger partial charge in [-0.2, -0.15) is 0 Å². The fraction of sp³-hybridized carbons (Fsp3) is 0.545. The van der Waals surface area contributed by atoms with Crippen LogP contribution < -0.4 is 4.74 Å². The highest BCUT2D eigenvalue weighted by atomic mass is 79.9. The molecule has 0 saturated heterocycles. The monoisotopic (exact) mass is 350 g/mol. The number of nitrogens with zero attached hydrogens (tertiary/aromatic N) is 2. The van der Waals surface area contributed by atoms with Crippen molar-refractivity contribution in [2.24, 2.45) is 0 Å². The lowest BCUT2D eigenvalue weighted by atomic mass is 10.1. The summed E-state index contributed by atoms with van der Waals surface area (Å²) in [4.78, 5) is 6.33. The summed E-state index contributed by atoms with van der Waals surface area (Å²) < 4.78 is 7.48. The van der Waals surface area contributed by atoms with Crippen LogP contribution in [0.4, 0.5) is 0 Å². The first-order valence-electron chi connectivity index (χ1n) is 4.94. The van der Waals surface area contributed by atoms with E-state index in [1.54, 1.807) is 6.20 Å². The van der Waals surface area contributed by atoms with E-state index in [4.69, 9.17) is 4.74 Å². The van der Waals surface area contributed by atoms with Gasteiger partial charge in [-0.05, 0) is 65.9 Å². The van der Waals surface area contributed by atoms with Crippen LogP contribution in [0.2, 0.25) is 0 Å². The molecule has 0 aliphatic heterocycles. The maximum absolute atomic E-state index is 5.70. The highest BCUT2D eigenvalue weighted by molar-refractivity contribution is 9.11. The van der Waals surface area contributed by atoms with Crippen molar-refractivity contribution in [3.63, 3.8) is 0 Å². The third-order valence-electron chi connectivity index (χ3n) is 2.55. The Hall–Kier alpha value is -0.130. The van der Waals surface area contributed by atoms with Gasteiger partial charge in [-0.1, -0.05) is 0 Å². The Bertz CT molecular complexity index is 367. The number of ether oxygens (including phenoxy) is 1. The fourth-order valence-corrected chi connectivity index (χ4v) is 1.98. The molecule has 0 fully saturated rings. The first kappa shape index (κ1) is 13.9. The molecular formula is C11H16Br2N2O. The van der Waals surface area contributed by atoms with Crippen molar-refractivity contribution in [1.29, 1.82) is 0 Å². The molecule has 0 aliphatic carbocycles. The number of rotatable bonds is 4. The second kappa shape index (κ2) is 5.47. The number of hydrogen-bond acceptors (Lipinski definition) is 3. The van der Waals surface area contributed by atoms with Crippen molar-refractivity contribution in [1.82, 2.24) is 9.88 Å². The molecular weight excluding hydrogens is 336 g/mol. The molecule has 1 heterocycles. The Morgan fingerprint density at radius 3 is 2.50 bits per heavy atom. The molecule has 0 radical (unpaired) electrons. The van der Waals surface area contributed by atoms with E-state index in [-0.39, 0.29) is 5.54 Å². The molecule has 3 nitrogen and oxygen atoms in total. The largest absolute Gasteiger partial charge is 0.475 e. The number of hydrogen-bond donors (Lipinski definition) is 0. The van der Waals surface area contributed by atoms with Crippen molar-refractivity contribution < 1.29 is 4.74 Å². The van der Waals surface area contributed by atoms with E-state index >= 15 is 0 Å². The molecule has 5 heteroatoms. The molecule has 0 N–H and O–H groups in total. The zero-order chi connectivity index (χ0) is 12.3. The number of halogens is 2. The Labute approximate surface area is 113 Å². The highest BCUT2D eigenvalue weighted by Crippen LogP contribution is 2.26. The van der Waals surface area contributed by atoms with Gasteiger partial charge in [-0.25, -0.2) is 4.98 Å². The Balaban J connectivity index is 2.68. The molecule has 16 heavy (non-hydrogen) atoms. The summed E-state index contributed by atoms with van der Waals surface area (Å²) in [5, 5.41) is 0. The minimum Gasteiger partial charge on any atom is -0.475 e. The van der Waals surface area contributed by atoms with Crippen LogP contribution in [-0.2, 0) is 0 Å². The zero-order valence-corrected chi connectivity index (χ0v) is 13.1. The van der Waals surface area contributed by atoms with Crippen molar-refractivity contribution in [3.05, 3.63) is 21.2 Å². The second-order valence-corrected chi connectivity index (χ2v) is 6.21. The van der Waals surface area contributed by atoms with Crippen LogP contribution in [0, 0.1) is 0 Å². The molecule has 0 spiro atoms. The van der Waals surface area contributed by atoms with Gasteiger partial charge in [0.1, 0.15) is 6.61 Å². The predicted octanol–water partition coefficient (Wildman–Crippen LogP) is 3.33. The van der Waals surface area contributed by atoms with Crippen LogP contribution in [0.25, 0.3) is 0 Å². The SMILES string of the molecule is CN(C)C(C)(C)COc1ncc(Br)cc1Br. The van der Waals surface area contributed by atoms with E-state index in [2.05, 4.69) is 55.6 Å². The van der Waals surface area contributed by atoms with Gasteiger partial charge >= 0.3 is 0 Å². The van der Waals surface area contributed by atoms with Crippen molar-refractivity contribution in [2.75, 3.05) is 20.7 Å². The first-order valence-corrected chi connectivity index (χ1v) is 6.53. The minimum atomic E-state index is -0.0196. The average Bonchev–Trinajstić information content (AvgIpc) is 2.16. The lowest BCUT2D eigenvalue weighted by Gasteiger charge is -2.32. The first-order chi connectivity index (χ1) is 7.33. The van der Waals surface area contributed by atoms with E-state index in [9.17, 15) is 0 Å². The summed E-state index contributed by atoms with van der Waals surface area (Å²) in [6.07, 6.45) is 1.72. The molecule has 0 aliphatic rings. The summed E-state index contributed by atoms with van der Waals surface area (Å²) in [5.41, 5.74) is -0.0196. The fourth-order valence-electron chi connectivity index (χ4n) is 0.882. The molecule has 0 aromatic carbocycles. The summed E-state index contributed by atoms with van der Waals surface area (Å²) in [7, 11) is 4.07. The minimum absolute atomic E-state index is 0.0196. The molecule has 1 aromatic heterocycles. The maximum Gasteiger partial charge on any atom is 0.228 e. The van der Waals surface area contributed by atoms with Gasteiger partial charge in [0.25, 0.3) is 0 Å². The van der Waals surface area contributed by atoms with Crippen molar-refractivity contribution in [2.45, 2.75) is 19.4 Å². The van der Waals surface area contributed by atoms with Crippen molar-refractivity contribution >= 4 is 31.9 Å². The molecule has 1 aromatic rings. The van der Waals surface area contributed by atoms with Crippen LogP contribution in [0.3, 0.4) is 0 Å². The van der Waals surface area contributed by atoms with Crippen molar-refractivity contribution in [3.8, 4) is 5.88 Å². The highest BCUT2D eigenvalue weighted by Gasteiger charge is 2.22. The lowest BCUT2D eigenvalue weighted by molar-refractivity contribution is 0.110. The summed E-state index contributed by atoms with van der Waals surface area (Å²) in [6, 6.07) is 1.92. The van der Waals surface area contributed by atoms with E-state index in [0.717, 1.165) is 8.95 Å². The predicted molar refractivity (Wildman–Crippen MR) is 72.9 cm³/mol. The average molecular weight is 352 g/mol. The molecule has 0 amide bonds. The van der Waals surface area contributed by atoms with Crippen LogP contribution in [0.5, 0.6) is 5.88 Å². The third kappa shape index (κ3) is 3.71. The van der Waals surface area contributed by atoms with E-state index in [1.165, 1.54) is 0 Å². The Kier molecular flexibility index (Phi) is 4.76. The van der Waals surface area contributed by atoms with Gasteiger partial charge in [-0.3, -0.25) is 0 Å². The molecule has 0 bridgehead atoms. The molecule has 1 rings (SSSR count). The van der Waals surface area contributed by atoms with Gasteiger partial charge in [0.05, 0.1) is 4.47 Å². The number of aromatic nitrogens is 1. The van der Waals surface area contributed by atoms with Gasteiger partial charge in [0, 0.05) is 16.2 Å². The zero-order valence-electron chi connectivity index (χ0n) is 9.92. The van der Waals surface area contributed by atoms with Crippen LogP contribution in [-0.4, -0.2) is 36.1 Å². The van der Waals surface area contributed by atoms with Gasteiger partial charge in [0.15, 0.2) is 0 Å². The van der Waals surface area contributed by atoms with Crippen LogP contribution in [0.1, 0.15) is 13.8 Å². The molecule has 90 valence electrons. The lowest BCUT2D eigenvalue weighted by Crippen LogP contribution is -2.43. The van der Waals surface area contributed by atoms with Gasteiger partial charge < -0.3 is 9.64 Å². The van der Waals surface area contributed by atoms with Crippen LogP contribution in [0.15, 0.2) is 21.2 Å². The molecule has 0 atom stereocenters. The smallest absolute Gasteiger partial charge is 0.228 e. The quantitative estimate of drug-likeness (QED) is 0.831. The van der Waals surface area contributed by atoms with E-state index in [0.29, 0.717) is 12.5 Å². The third-order valence-corrected chi connectivity index (χ3v) is 3.55. The molecule has 0 saturated carbocycles. The maximum atomic E-state index is 5.70. The number of likely N-dealkylation sites (N-methyl/N-ethyl adjacent to an activating group) is 1. The van der Waals surface area contributed by atoms with E-state index < -0.39 is 0 Å². The second-order valence-electron chi connectivity index (χ2n) is 4.44. The Morgan fingerprint density at radius 1 is 1.38 bits per heavy atom. The summed E-state index contributed by atoms with van der Waals surface area (Å²) in [6.45, 7) is 4.84. The van der Waals surface area contributed by atoms with E-state index in [1.807, 2.05) is 20.2 Å². The number of pyridine rings is 1. The molecule has 0 unspecified atom stereocenters.